The second-order valence-corrected chi connectivity index (χ2v) is 5.36. The Labute approximate surface area is 121 Å². The summed E-state index contributed by atoms with van der Waals surface area (Å²) in [6.45, 7) is 5.46. The van der Waals surface area contributed by atoms with Crippen LogP contribution in [0.5, 0.6) is 0 Å². The predicted molar refractivity (Wildman–Crippen MR) is 82.3 cm³/mol. The van der Waals surface area contributed by atoms with Crippen molar-refractivity contribution in [1.82, 2.24) is 10.4 Å². The van der Waals surface area contributed by atoms with E-state index in [-0.39, 0.29) is 0 Å². The van der Waals surface area contributed by atoms with Gasteiger partial charge in [0.1, 0.15) is 0 Å². The van der Waals surface area contributed by atoms with Crippen molar-refractivity contribution in [2.24, 2.45) is 0 Å². The van der Waals surface area contributed by atoms with Gasteiger partial charge >= 0.3 is 0 Å². The molecule has 0 aliphatic carbocycles. The summed E-state index contributed by atoms with van der Waals surface area (Å²) >= 11 is 0. The fourth-order valence-electron chi connectivity index (χ4n) is 2.51. The van der Waals surface area contributed by atoms with Gasteiger partial charge in [0, 0.05) is 31.4 Å². The molecule has 1 aromatic rings. The largest absolute Gasteiger partial charge is 0.382 e. The van der Waals surface area contributed by atoms with Gasteiger partial charge in [0.05, 0.1) is 11.6 Å². The molecule has 0 unspecified atom stereocenters. The summed E-state index contributed by atoms with van der Waals surface area (Å²) in [6.07, 6.45) is 4.74. The van der Waals surface area contributed by atoms with Crippen LogP contribution in [-0.2, 0) is 0 Å². The van der Waals surface area contributed by atoms with Crippen molar-refractivity contribution in [2.45, 2.75) is 38.6 Å². The number of rotatable bonds is 6. The van der Waals surface area contributed by atoms with E-state index in [1.165, 1.54) is 12.8 Å². The number of nitriles is 1. The number of nitrogens with zero attached hydrogens (tertiary/aromatic N) is 2. The second-order valence-electron chi connectivity index (χ2n) is 5.36. The zero-order valence-corrected chi connectivity index (χ0v) is 12.2. The summed E-state index contributed by atoms with van der Waals surface area (Å²) in [5, 5.41) is 14.8. The summed E-state index contributed by atoms with van der Waals surface area (Å²) in [5.41, 5.74) is 5.26. The molecular weight excluding hydrogens is 248 g/mol. The van der Waals surface area contributed by atoms with Crippen LogP contribution in [0.4, 0.5) is 5.69 Å². The molecule has 20 heavy (non-hydrogen) atoms. The monoisotopic (exact) mass is 272 g/mol. The van der Waals surface area contributed by atoms with Crippen LogP contribution in [0.1, 0.15) is 38.2 Å². The van der Waals surface area contributed by atoms with E-state index in [1.807, 2.05) is 24.3 Å². The summed E-state index contributed by atoms with van der Waals surface area (Å²) in [4.78, 5) is 0. The molecule has 1 heterocycles. The molecule has 2 rings (SSSR count). The zero-order valence-electron chi connectivity index (χ0n) is 12.2. The Morgan fingerprint density at radius 2 is 2.15 bits per heavy atom. The van der Waals surface area contributed by atoms with Crippen LogP contribution in [0.25, 0.3) is 0 Å². The highest BCUT2D eigenvalue weighted by Crippen LogP contribution is 2.16. The van der Waals surface area contributed by atoms with Gasteiger partial charge in [-0.05, 0) is 37.5 Å². The van der Waals surface area contributed by atoms with Crippen molar-refractivity contribution in [3.05, 3.63) is 29.8 Å². The minimum absolute atomic E-state index is 0.508. The highest BCUT2D eigenvalue weighted by molar-refractivity contribution is 5.49. The first-order valence-corrected chi connectivity index (χ1v) is 7.57. The first-order valence-electron chi connectivity index (χ1n) is 7.57. The smallest absolute Gasteiger partial charge is 0.0992 e. The molecule has 0 saturated carbocycles. The molecule has 4 heteroatoms. The Morgan fingerprint density at radius 1 is 1.35 bits per heavy atom. The number of hydrazine groups is 1. The van der Waals surface area contributed by atoms with Crippen LogP contribution in [-0.4, -0.2) is 30.7 Å². The zero-order chi connectivity index (χ0) is 14.2. The SMILES string of the molecule is CCCCNN1CCC(Nc2cccc(C#N)c2)CC1. The normalized spacial score (nSPS) is 16.8. The highest BCUT2D eigenvalue weighted by Gasteiger charge is 2.18. The van der Waals surface area contributed by atoms with Gasteiger partial charge in [0.25, 0.3) is 0 Å². The predicted octanol–water partition coefficient (Wildman–Crippen LogP) is 2.74. The van der Waals surface area contributed by atoms with Crippen molar-refractivity contribution in [3.8, 4) is 6.07 Å². The summed E-state index contributed by atoms with van der Waals surface area (Å²) in [7, 11) is 0. The van der Waals surface area contributed by atoms with E-state index in [4.69, 9.17) is 5.26 Å². The molecule has 1 aliphatic rings. The number of hydrogen-bond acceptors (Lipinski definition) is 4. The lowest BCUT2D eigenvalue weighted by atomic mass is 10.1. The van der Waals surface area contributed by atoms with Crippen molar-refractivity contribution in [1.29, 1.82) is 5.26 Å². The fraction of sp³-hybridized carbons (Fsp3) is 0.562. The van der Waals surface area contributed by atoms with E-state index >= 15 is 0 Å². The lowest BCUT2D eigenvalue weighted by molar-refractivity contribution is 0.147. The molecule has 0 spiro atoms. The minimum Gasteiger partial charge on any atom is -0.382 e. The first kappa shape index (κ1) is 14.8. The van der Waals surface area contributed by atoms with Crippen molar-refractivity contribution in [2.75, 3.05) is 25.0 Å². The molecular formula is C16H24N4. The molecule has 108 valence electrons. The number of nitrogens with one attached hydrogen (secondary N) is 2. The van der Waals surface area contributed by atoms with E-state index in [0.717, 1.165) is 38.2 Å². The van der Waals surface area contributed by atoms with E-state index in [9.17, 15) is 0 Å². The molecule has 4 nitrogen and oxygen atoms in total. The molecule has 1 saturated heterocycles. The van der Waals surface area contributed by atoms with E-state index in [2.05, 4.69) is 28.7 Å². The maximum absolute atomic E-state index is 8.91. The van der Waals surface area contributed by atoms with Gasteiger partial charge in [-0.25, -0.2) is 5.01 Å². The van der Waals surface area contributed by atoms with Gasteiger partial charge in [-0.15, -0.1) is 0 Å². The Hall–Kier alpha value is -1.57. The third-order valence-electron chi connectivity index (χ3n) is 3.72. The molecule has 1 fully saturated rings. The van der Waals surface area contributed by atoms with Crippen LogP contribution >= 0.6 is 0 Å². The van der Waals surface area contributed by atoms with Crippen molar-refractivity contribution < 1.29 is 0 Å². The third kappa shape index (κ3) is 4.52. The van der Waals surface area contributed by atoms with Gasteiger partial charge < -0.3 is 5.32 Å². The van der Waals surface area contributed by atoms with Gasteiger partial charge in [0.15, 0.2) is 0 Å². The van der Waals surface area contributed by atoms with E-state index in [0.29, 0.717) is 11.6 Å². The molecule has 0 atom stereocenters. The summed E-state index contributed by atoms with van der Waals surface area (Å²) in [6, 6.07) is 10.4. The molecule has 1 aromatic carbocycles. The maximum atomic E-state index is 8.91. The fourth-order valence-corrected chi connectivity index (χ4v) is 2.51. The number of benzene rings is 1. The first-order chi connectivity index (χ1) is 9.81. The average molecular weight is 272 g/mol. The quantitative estimate of drug-likeness (QED) is 0.782. The van der Waals surface area contributed by atoms with Crippen LogP contribution in [0.2, 0.25) is 0 Å². The van der Waals surface area contributed by atoms with Gasteiger partial charge in [-0.3, -0.25) is 5.43 Å². The van der Waals surface area contributed by atoms with Crippen LogP contribution in [0, 0.1) is 11.3 Å². The van der Waals surface area contributed by atoms with Crippen LogP contribution in [0.3, 0.4) is 0 Å². The topological polar surface area (TPSA) is 51.1 Å². The number of anilines is 1. The van der Waals surface area contributed by atoms with Gasteiger partial charge in [-0.1, -0.05) is 19.4 Å². The van der Waals surface area contributed by atoms with E-state index < -0.39 is 0 Å². The van der Waals surface area contributed by atoms with Crippen LogP contribution in [0.15, 0.2) is 24.3 Å². The second kappa shape index (κ2) is 7.88. The number of hydrogen-bond donors (Lipinski definition) is 2. The average Bonchev–Trinajstić information content (AvgIpc) is 2.49. The Kier molecular flexibility index (Phi) is 5.85. The van der Waals surface area contributed by atoms with Crippen LogP contribution < -0.4 is 10.7 Å². The van der Waals surface area contributed by atoms with Crippen molar-refractivity contribution >= 4 is 5.69 Å². The number of piperidine rings is 1. The maximum Gasteiger partial charge on any atom is 0.0992 e. The molecule has 0 amide bonds. The Morgan fingerprint density at radius 3 is 2.85 bits per heavy atom. The van der Waals surface area contributed by atoms with Gasteiger partial charge in [0.2, 0.25) is 0 Å². The molecule has 0 aromatic heterocycles. The highest BCUT2D eigenvalue weighted by atomic mass is 15.5. The third-order valence-corrected chi connectivity index (χ3v) is 3.72. The lowest BCUT2D eigenvalue weighted by Crippen LogP contribution is -2.46. The van der Waals surface area contributed by atoms with E-state index in [1.54, 1.807) is 0 Å². The van der Waals surface area contributed by atoms with Crippen molar-refractivity contribution in [3.63, 3.8) is 0 Å². The molecule has 0 bridgehead atoms. The summed E-state index contributed by atoms with van der Waals surface area (Å²) in [5.74, 6) is 0. The molecule has 0 radical (unpaired) electrons. The standard InChI is InChI=1S/C16H24N4/c1-2-3-9-18-20-10-7-15(8-11-20)19-16-6-4-5-14(12-16)13-17/h4-6,12,15,18-19H,2-3,7-11H2,1H3. The molecule has 2 N–H and O–H groups in total. The lowest BCUT2D eigenvalue weighted by Gasteiger charge is -2.33. The minimum atomic E-state index is 0.508. The number of unbranched alkanes of at least 4 members (excludes halogenated alkanes) is 1. The summed E-state index contributed by atoms with van der Waals surface area (Å²) < 4.78 is 0. The Balaban J connectivity index is 1.75. The Bertz CT molecular complexity index is 444. The molecule has 1 aliphatic heterocycles. The van der Waals surface area contributed by atoms with Gasteiger partial charge in [-0.2, -0.15) is 5.26 Å².